The molecule has 6 rings (SSSR count). The summed E-state index contributed by atoms with van der Waals surface area (Å²) in [6.45, 7) is 0. The summed E-state index contributed by atoms with van der Waals surface area (Å²) in [6.07, 6.45) is 11.2. The van der Waals surface area contributed by atoms with Crippen molar-refractivity contribution < 1.29 is 0 Å². The summed E-state index contributed by atoms with van der Waals surface area (Å²) in [5, 5.41) is 0. The molecule has 4 N–H and O–H groups in total. The second kappa shape index (κ2) is 11.4. The average Bonchev–Trinajstić information content (AvgIpc) is 3.72. The van der Waals surface area contributed by atoms with Crippen LogP contribution in [0.4, 0.5) is 0 Å². The minimum absolute atomic E-state index is 0.139. The quantitative estimate of drug-likeness (QED) is 0.160. The van der Waals surface area contributed by atoms with E-state index in [2.05, 4.69) is 86.0 Å². The van der Waals surface area contributed by atoms with Crippen molar-refractivity contribution in [1.29, 1.82) is 0 Å². The highest BCUT2D eigenvalue weighted by molar-refractivity contribution is 9.10. The number of H-pyrrole nitrogens is 4. The van der Waals surface area contributed by atoms with Crippen LogP contribution in [0.15, 0.2) is 119 Å². The van der Waals surface area contributed by atoms with Crippen LogP contribution in [-0.2, 0) is 0 Å². The van der Waals surface area contributed by atoms with Crippen molar-refractivity contribution in [3.05, 3.63) is 153 Å². The summed E-state index contributed by atoms with van der Waals surface area (Å²) in [7, 11) is 0. The maximum Gasteiger partial charge on any atom is 0.0822 e. The molecule has 0 aromatic carbocycles. The summed E-state index contributed by atoms with van der Waals surface area (Å²) in [5.41, 5.74) is 7.04. The number of pyridine rings is 2. The molecule has 6 nitrogen and oxygen atoms in total. The molecule has 0 bridgehead atoms. The van der Waals surface area contributed by atoms with Gasteiger partial charge in [-0.15, -0.1) is 0 Å². The van der Waals surface area contributed by atoms with Gasteiger partial charge in [-0.3, -0.25) is 9.97 Å². The van der Waals surface area contributed by atoms with E-state index in [0.29, 0.717) is 0 Å². The molecule has 0 atom stereocenters. The molecule has 0 spiro atoms. The zero-order chi connectivity index (χ0) is 24.7. The lowest BCUT2D eigenvalue weighted by Gasteiger charge is -2.15. The summed E-state index contributed by atoms with van der Waals surface area (Å²) in [5.74, 6) is 0.351. The van der Waals surface area contributed by atoms with Crippen LogP contribution in [0.1, 0.15) is 45.7 Å². The van der Waals surface area contributed by atoms with Gasteiger partial charge in [0.25, 0.3) is 0 Å². The Kier molecular flexibility index (Phi) is 7.64. The fourth-order valence-electron chi connectivity index (χ4n) is 4.32. The van der Waals surface area contributed by atoms with Crippen molar-refractivity contribution in [2.24, 2.45) is 0 Å². The predicted octanol–water partition coefficient (Wildman–Crippen LogP) is 7.36. The minimum Gasteiger partial charge on any atom is -0.364 e. The van der Waals surface area contributed by atoms with E-state index < -0.39 is 0 Å². The summed E-state index contributed by atoms with van der Waals surface area (Å²) >= 11 is 6.93. The molecule has 0 aliphatic rings. The second-order valence-corrected chi connectivity index (χ2v) is 9.91. The molecule has 180 valence electrons. The fourth-order valence-corrected chi connectivity index (χ4v) is 5.04. The molecule has 0 saturated carbocycles. The van der Waals surface area contributed by atoms with E-state index in [1.807, 2.05) is 85.7 Å². The molecular formula is C28H24Br2N6. The predicted molar refractivity (Wildman–Crippen MR) is 149 cm³/mol. The Labute approximate surface area is 225 Å². The zero-order valence-electron chi connectivity index (χ0n) is 19.2. The van der Waals surface area contributed by atoms with E-state index >= 15 is 0 Å². The van der Waals surface area contributed by atoms with Crippen molar-refractivity contribution in [2.75, 3.05) is 0 Å². The Morgan fingerprint density at radius 1 is 0.500 bits per heavy atom. The summed E-state index contributed by atoms with van der Waals surface area (Å²) in [6, 6.07) is 24.6. The Hall–Kier alpha value is -3.62. The standard InChI is InChI=1S/C14H11Br2N3.C14H13N3/c15-12-3-1-10(18-12)14(9-5-7-17-8-6-9)11-2-4-13(16)19-11;1-3-12(16-7-1)14(13-4-2-8-17-13)11-5-9-15-10-6-11/h1-8,14,18-19H;1-10,14,16-17H. The van der Waals surface area contributed by atoms with Crippen LogP contribution in [0.5, 0.6) is 0 Å². The van der Waals surface area contributed by atoms with Gasteiger partial charge >= 0.3 is 0 Å². The third-order valence-corrected chi connectivity index (χ3v) is 6.84. The van der Waals surface area contributed by atoms with Gasteiger partial charge in [0.15, 0.2) is 0 Å². The molecule has 0 unspecified atom stereocenters. The topological polar surface area (TPSA) is 88.9 Å². The first kappa shape index (κ1) is 24.1. The molecular weight excluding hydrogens is 580 g/mol. The summed E-state index contributed by atoms with van der Waals surface area (Å²) in [4.78, 5) is 21.4. The molecule has 0 fully saturated rings. The van der Waals surface area contributed by atoms with Crippen molar-refractivity contribution in [2.45, 2.75) is 11.8 Å². The van der Waals surface area contributed by atoms with Crippen molar-refractivity contribution in [3.63, 3.8) is 0 Å². The lowest BCUT2D eigenvalue weighted by molar-refractivity contribution is 0.888. The lowest BCUT2D eigenvalue weighted by Crippen LogP contribution is -2.04. The number of hydrogen-bond donors (Lipinski definition) is 4. The summed E-state index contributed by atoms with van der Waals surface area (Å²) < 4.78 is 1.96. The fraction of sp³-hybridized carbons (Fsp3) is 0.0714. The molecule has 6 heterocycles. The number of nitrogens with one attached hydrogen (secondary N) is 4. The molecule has 8 heteroatoms. The van der Waals surface area contributed by atoms with E-state index in [4.69, 9.17) is 0 Å². The SMILES string of the molecule is Brc1ccc(C(c2ccncc2)c2ccc(Br)[nH]2)[nH]1.c1c[nH]c(C(c2ccncc2)c2ccc[nH]2)c1. The molecule has 0 amide bonds. The zero-order valence-corrected chi connectivity index (χ0v) is 22.4. The Balaban J connectivity index is 0.000000149. The number of hydrogen-bond acceptors (Lipinski definition) is 2. The van der Waals surface area contributed by atoms with Gasteiger partial charge in [-0.25, -0.2) is 0 Å². The van der Waals surface area contributed by atoms with Gasteiger partial charge in [-0.2, -0.15) is 0 Å². The first-order valence-electron chi connectivity index (χ1n) is 11.4. The molecule has 0 aliphatic carbocycles. The molecule has 6 aromatic rings. The highest BCUT2D eigenvalue weighted by Gasteiger charge is 2.20. The van der Waals surface area contributed by atoms with Crippen molar-refractivity contribution >= 4 is 31.9 Å². The average molecular weight is 604 g/mol. The third kappa shape index (κ3) is 5.61. The van der Waals surface area contributed by atoms with Crippen LogP contribution in [-0.4, -0.2) is 29.9 Å². The second-order valence-electron chi connectivity index (χ2n) is 8.20. The van der Waals surface area contributed by atoms with Crippen LogP contribution in [0.2, 0.25) is 0 Å². The lowest BCUT2D eigenvalue weighted by atomic mass is 9.93. The minimum atomic E-state index is 0.139. The number of aromatic amines is 4. The largest absolute Gasteiger partial charge is 0.364 e. The normalized spacial score (nSPS) is 11.0. The highest BCUT2D eigenvalue weighted by atomic mass is 79.9. The Morgan fingerprint density at radius 2 is 0.917 bits per heavy atom. The van der Waals surface area contributed by atoms with Gasteiger partial charge < -0.3 is 19.9 Å². The van der Waals surface area contributed by atoms with E-state index in [1.165, 1.54) is 22.5 Å². The van der Waals surface area contributed by atoms with E-state index in [9.17, 15) is 0 Å². The molecule has 0 saturated heterocycles. The first-order chi connectivity index (χ1) is 17.7. The number of rotatable bonds is 6. The smallest absolute Gasteiger partial charge is 0.0822 e. The van der Waals surface area contributed by atoms with E-state index in [1.54, 1.807) is 0 Å². The molecule has 6 aromatic heterocycles. The van der Waals surface area contributed by atoms with Crippen molar-refractivity contribution in [3.8, 4) is 0 Å². The van der Waals surface area contributed by atoms with Crippen LogP contribution in [0.3, 0.4) is 0 Å². The number of nitrogens with zero attached hydrogens (tertiary/aromatic N) is 2. The maximum absolute atomic E-state index is 4.09. The highest BCUT2D eigenvalue weighted by Crippen LogP contribution is 2.32. The van der Waals surface area contributed by atoms with Crippen LogP contribution in [0.25, 0.3) is 0 Å². The van der Waals surface area contributed by atoms with Gasteiger partial charge in [0.05, 0.1) is 21.0 Å². The van der Waals surface area contributed by atoms with Crippen molar-refractivity contribution in [1.82, 2.24) is 29.9 Å². The third-order valence-electron chi connectivity index (χ3n) is 5.91. The van der Waals surface area contributed by atoms with E-state index in [0.717, 1.165) is 20.6 Å². The van der Waals surface area contributed by atoms with Crippen LogP contribution in [0, 0.1) is 0 Å². The monoisotopic (exact) mass is 602 g/mol. The Bertz CT molecular complexity index is 1380. The molecule has 36 heavy (non-hydrogen) atoms. The van der Waals surface area contributed by atoms with Crippen LogP contribution >= 0.6 is 31.9 Å². The Morgan fingerprint density at radius 3 is 1.25 bits per heavy atom. The van der Waals surface area contributed by atoms with Gasteiger partial charge in [0.1, 0.15) is 0 Å². The first-order valence-corrected chi connectivity index (χ1v) is 13.0. The molecule has 0 radical (unpaired) electrons. The van der Waals surface area contributed by atoms with E-state index in [-0.39, 0.29) is 11.8 Å². The molecule has 0 aliphatic heterocycles. The van der Waals surface area contributed by atoms with Gasteiger partial charge in [0.2, 0.25) is 0 Å². The number of aromatic nitrogens is 6. The van der Waals surface area contributed by atoms with Gasteiger partial charge in [0, 0.05) is 60.0 Å². The van der Waals surface area contributed by atoms with Gasteiger partial charge in [-0.1, -0.05) is 0 Å². The maximum atomic E-state index is 4.09. The van der Waals surface area contributed by atoms with Gasteiger partial charge in [-0.05, 0) is 116 Å². The van der Waals surface area contributed by atoms with Crippen LogP contribution < -0.4 is 0 Å². The number of halogens is 2.